The van der Waals surface area contributed by atoms with E-state index in [9.17, 15) is 0 Å². The Labute approximate surface area is 99.9 Å². The molecule has 2 heterocycles. The van der Waals surface area contributed by atoms with E-state index in [0.29, 0.717) is 5.82 Å². The predicted octanol–water partition coefficient (Wildman–Crippen LogP) is 1.15. The summed E-state index contributed by atoms with van der Waals surface area (Å²) in [7, 11) is 0. The zero-order valence-electron chi connectivity index (χ0n) is 9.58. The quantitative estimate of drug-likeness (QED) is 0.730. The lowest BCUT2D eigenvalue weighted by atomic mass is 10.3. The van der Waals surface area contributed by atoms with Gasteiger partial charge in [0.25, 0.3) is 0 Å². The molecule has 6 heteroatoms. The summed E-state index contributed by atoms with van der Waals surface area (Å²) in [6.45, 7) is 1.86. The van der Waals surface area contributed by atoms with Gasteiger partial charge in [-0.2, -0.15) is 0 Å². The highest BCUT2D eigenvalue weighted by atomic mass is 15.0. The van der Waals surface area contributed by atoms with Crippen molar-refractivity contribution >= 4 is 11.6 Å². The number of anilines is 2. The normalized spacial score (nSPS) is 10.4. The molecular weight excluding hydrogens is 216 g/mol. The lowest BCUT2D eigenvalue weighted by Crippen LogP contribution is -2.06. The molecule has 0 aliphatic carbocycles. The molecule has 0 fully saturated rings. The molecule has 0 aromatic carbocycles. The van der Waals surface area contributed by atoms with Crippen LogP contribution in [-0.2, 0) is 6.54 Å². The number of hydrogen-bond acceptors (Lipinski definition) is 5. The van der Waals surface area contributed by atoms with E-state index in [1.54, 1.807) is 12.4 Å². The van der Waals surface area contributed by atoms with Crippen molar-refractivity contribution in [1.29, 1.82) is 0 Å². The number of nitrogens with two attached hydrogens (primary N) is 1. The largest absolute Gasteiger partial charge is 0.382 e. The van der Waals surface area contributed by atoms with Crippen LogP contribution in [0.3, 0.4) is 0 Å². The Kier molecular flexibility index (Phi) is 3.90. The zero-order valence-corrected chi connectivity index (χ0v) is 9.58. The molecule has 0 spiro atoms. The number of rotatable bonds is 6. The molecule has 0 bridgehead atoms. The van der Waals surface area contributed by atoms with Crippen LogP contribution in [0.15, 0.2) is 31.1 Å². The van der Waals surface area contributed by atoms with Crippen molar-refractivity contribution in [2.75, 3.05) is 17.6 Å². The van der Waals surface area contributed by atoms with Crippen LogP contribution in [0.1, 0.15) is 12.8 Å². The lowest BCUT2D eigenvalue weighted by Gasteiger charge is -2.05. The van der Waals surface area contributed by atoms with E-state index in [4.69, 9.17) is 5.73 Å². The number of aryl methyl sites for hydroxylation is 1. The molecule has 0 atom stereocenters. The first-order valence-electron chi connectivity index (χ1n) is 5.62. The average molecular weight is 232 g/mol. The average Bonchev–Trinajstić information content (AvgIpc) is 2.82. The van der Waals surface area contributed by atoms with Gasteiger partial charge in [-0.25, -0.2) is 9.97 Å². The maximum atomic E-state index is 5.53. The molecule has 0 saturated carbocycles. The second-order valence-electron chi connectivity index (χ2n) is 3.76. The first-order valence-corrected chi connectivity index (χ1v) is 5.62. The number of aromatic nitrogens is 4. The van der Waals surface area contributed by atoms with E-state index in [0.717, 1.165) is 31.7 Å². The van der Waals surface area contributed by atoms with Crippen molar-refractivity contribution in [2.24, 2.45) is 0 Å². The second kappa shape index (κ2) is 5.83. The van der Waals surface area contributed by atoms with Crippen LogP contribution in [-0.4, -0.2) is 26.1 Å². The van der Waals surface area contributed by atoms with Gasteiger partial charge in [-0.3, -0.25) is 4.98 Å². The fourth-order valence-corrected chi connectivity index (χ4v) is 1.52. The standard InChI is InChI=1S/C11H16N6/c12-10-7-14-8-11(16-10)15-3-1-2-5-17-6-4-13-9-17/h4,6-9H,1-3,5H2,(H3,12,15,16). The lowest BCUT2D eigenvalue weighted by molar-refractivity contribution is 0.620. The number of unbranched alkanes of at least 4 members (excludes halogenated alkanes) is 1. The molecule has 0 radical (unpaired) electrons. The Morgan fingerprint density at radius 3 is 2.94 bits per heavy atom. The van der Waals surface area contributed by atoms with Gasteiger partial charge in [0.15, 0.2) is 0 Å². The fourth-order valence-electron chi connectivity index (χ4n) is 1.52. The fraction of sp³-hybridized carbons (Fsp3) is 0.364. The smallest absolute Gasteiger partial charge is 0.146 e. The Morgan fingerprint density at radius 2 is 2.18 bits per heavy atom. The third-order valence-electron chi connectivity index (χ3n) is 2.36. The van der Waals surface area contributed by atoms with Gasteiger partial charge in [-0.1, -0.05) is 0 Å². The molecule has 17 heavy (non-hydrogen) atoms. The number of hydrogen-bond donors (Lipinski definition) is 2. The summed E-state index contributed by atoms with van der Waals surface area (Å²) >= 11 is 0. The molecule has 0 aliphatic heterocycles. The summed E-state index contributed by atoms with van der Waals surface area (Å²) in [6.07, 6.45) is 11.0. The summed E-state index contributed by atoms with van der Waals surface area (Å²) in [5, 5.41) is 3.19. The second-order valence-corrected chi connectivity index (χ2v) is 3.76. The molecule has 0 saturated heterocycles. The van der Waals surface area contributed by atoms with E-state index in [2.05, 4.69) is 24.8 Å². The molecule has 2 aromatic heterocycles. The van der Waals surface area contributed by atoms with Crippen LogP contribution in [0.5, 0.6) is 0 Å². The van der Waals surface area contributed by atoms with Gasteiger partial charge in [0.2, 0.25) is 0 Å². The van der Waals surface area contributed by atoms with E-state index >= 15 is 0 Å². The van der Waals surface area contributed by atoms with Crippen LogP contribution in [0, 0.1) is 0 Å². The van der Waals surface area contributed by atoms with E-state index in [1.807, 2.05) is 12.5 Å². The molecule has 2 rings (SSSR count). The molecule has 3 N–H and O–H groups in total. The van der Waals surface area contributed by atoms with E-state index < -0.39 is 0 Å². The minimum Gasteiger partial charge on any atom is -0.382 e. The number of nitrogens with zero attached hydrogens (tertiary/aromatic N) is 4. The summed E-state index contributed by atoms with van der Waals surface area (Å²) in [5.74, 6) is 1.17. The van der Waals surface area contributed by atoms with Gasteiger partial charge in [0, 0.05) is 25.5 Å². The van der Waals surface area contributed by atoms with Gasteiger partial charge in [-0.15, -0.1) is 0 Å². The van der Waals surface area contributed by atoms with Crippen LogP contribution >= 0.6 is 0 Å². The Hall–Kier alpha value is -2.11. The van der Waals surface area contributed by atoms with E-state index in [-0.39, 0.29) is 0 Å². The molecule has 90 valence electrons. The maximum Gasteiger partial charge on any atom is 0.146 e. The third kappa shape index (κ3) is 3.75. The predicted molar refractivity (Wildman–Crippen MR) is 66.4 cm³/mol. The zero-order chi connectivity index (χ0) is 11.9. The van der Waals surface area contributed by atoms with Gasteiger partial charge >= 0.3 is 0 Å². The van der Waals surface area contributed by atoms with Crippen molar-refractivity contribution in [1.82, 2.24) is 19.5 Å². The summed E-state index contributed by atoms with van der Waals surface area (Å²) in [4.78, 5) is 12.1. The first-order chi connectivity index (χ1) is 8.34. The number of nitrogen functional groups attached to an aromatic ring is 1. The summed E-state index contributed by atoms with van der Waals surface area (Å²) < 4.78 is 2.07. The number of imidazole rings is 1. The highest BCUT2D eigenvalue weighted by Gasteiger charge is 1.95. The van der Waals surface area contributed by atoms with Crippen LogP contribution in [0.2, 0.25) is 0 Å². The number of nitrogens with one attached hydrogen (secondary N) is 1. The van der Waals surface area contributed by atoms with E-state index in [1.165, 1.54) is 6.20 Å². The maximum absolute atomic E-state index is 5.53. The monoisotopic (exact) mass is 232 g/mol. The summed E-state index contributed by atoms with van der Waals surface area (Å²) in [6, 6.07) is 0. The Balaban J connectivity index is 1.63. The van der Waals surface area contributed by atoms with Crippen molar-refractivity contribution < 1.29 is 0 Å². The highest BCUT2D eigenvalue weighted by Crippen LogP contribution is 2.03. The van der Waals surface area contributed by atoms with Gasteiger partial charge in [0.05, 0.1) is 18.7 Å². The summed E-state index contributed by atoms with van der Waals surface area (Å²) in [5.41, 5.74) is 5.53. The van der Waals surface area contributed by atoms with Crippen LogP contribution in [0.4, 0.5) is 11.6 Å². The first kappa shape index (κ1) is 11.4. The Bertz CT molecular complexity index is 439. The van der Waals surface area contributed by atoms with Crippen LogP contribution < -0.4 is 11.1 Å². The van der Waals surface area contributed by atoms with Crippen molar-refractivity contribution in [2.45, 2.75) is 19.4 Å². The highest BCUT2D eigenvalue weighted by molar-refractivity contribution is 5.37. The Morgan fingerprint density at radius 1 is 1.24 bits per heavy atom. The van der Waals surface area contributed by atoms with Crippen molar-refractivity contribution in [3.63, 3.8) is 0 Å². The molecule has 0 amide bonds. The van der Waals surface area contributed by atoms with Crippen LogP contribution in [0.25, 0.3) is 0 Å². The molecular formula is C11H16N6. The van der Waals surface area contributed by atoms with Gasteiger partial charge < -0.3 is 15.6 Å². The molecule has 0 aliphatic rings. The topological polar surface area (TPSA) is 81.6 Å². The van der Waals surface area contributed by atoms with Crippen molar-refractivity contribution in [3.05, 3.63) is 31.1 Å². The van der Waals surface area contributed by atoms with Gasteiger partial charge in [-0.05, 0) is 12.8 Å². The third-order valence-corrected chi connectivity index (χ3v) is 2.36. The molecule has 0 unspecified atom stereocenters. The molecule has 6 nitrogen and oxygen atoms in total. The minimum absolute atomic E-state index is 0.438. The molecule has 2 aromatic rings. The van der Waals surface area contributed by atoms with Crippen molar-refractivity contribution in [3.8, 4) is 0 Å². The minimum atomic E-state index is 0.438. The van der Waals surface area contributed by atoms with Gasteiger partial charge in [0.1, 0.15) is 11.6 Å². The SMILES string of the molecule is Nc1cncc(NCCCCn2ccnc2)n1.